The molecule has 8 nitrogen and oxygen atoms in total. The number of nitrogens with zero attached hydrogens (tertiary/aromatic N) is 3. The maximum Gasteiger partial charge on any atom is 0.373 e. The van der Waals surface area contributed by atoms with Crippen LogP contribution in [0.2, 0.25) is 16.9 Å². The molecule has 2 aliphatic carbocycles. The van der Waals surface area contributed by atoms with E-state index in [2.05, 4.69) is 96.7 Å². The molecule has 7 atom stereocenters. The highest BCUT2D eigenvalue weighted by Gasteiger charge is 2.39. The van der Waals surface area contributed by atoms with Crippen molar-refractivity contribution in [2.75, 3.05) is 47.1 Å². The Labute approximate surface area is 410 Å². The fraction of sp³-hybridized carbons (Fsp3) is 0.569. The van der Waals surface area contributed by atoms with Gasteiger partial charge in [-0.05, 0) is 217 Å². The number of hydrogen-bond donors (Lipinski definition) is 3. The van der Waals surface area contributed by atoms with Gasteiger partial charge in [0.15, 0.2) is 0 Å². The van der Waals surface area contributed by atoms with Gasteiger partial charge in [-0.1, -0.05) is 42.3 Å². The van der Waals surface area contributed by atoms with Crippen LogP contribution in [0.15, 0.2) is 69.9 Å². The van der Waals surface area contributed by atoms with E-state index in [-0.39, 0.29) is 12.0 Å². The monoisotopic (exact) mass is 1040 g/mol. The maximum absolute atomic E-state index is 9.92. The molecule has 0 saturated carbocycles. The average molecular weight is 1040 g/mol. The van der Waals surface area contributed by atoms with Gasteiger partial charge < -0.3 is 25.0 Å². The normalized spacial score (nSPS) is 23.6. The van der Waals surface area contributed by atoms with Gasteiger partial charge in [0.1, 0.15) is 0 Å². The number of methoxy groups -OCH3 is 2. The molecule has 4 heterocycles. The molecule has 0 amide bonds. The van der Waals surface area contributed by atoms with Crippen LogP contribution < -0.4 is 10.5 Å². The predicted molar refractivity (Wildman–Crippen MR) is 271 cm³/mol. The van der Waals surface area contributed by atoms with Crippen LogP contribution in [-0.2, 0) is 35.2 Å². The molecular formula is C51H68BBr2Cl2N5O3. The first-order valence-electron chi connectivity index (χ1n) is 23.8. The topological polar surface area (TPSA) is 91.8 Å². The Bertz CT molecular complexity index is 2030. The standard InChI is InChI=1S/C28H40BBrClN3O2.C23H28BrClN2O/c1-4-24(33-29(2)35)18-34-12-11-20(16-25(34)6-5-13-36-3)27-26-10-9-23(31)15-19(26)7-8-21-14-22(30)17-32-28(21)27;1-28-10-2-3-20-13-16(8-9-26-20)22-21-7-6-19(25)12-15(21)4-5-17-11-18(24)14-27-23(17)22/h9-10,14-15,17,20,24-25,27,33,35H,4-8,11-13,16,18H2,1-3H3;6-7,11-12,14,16,20,22,26H,2-5,8-10,13H2,1H3/t20?,24?,25-,27?;16?,20-,22?/m00/s1. The summed E-state index contributed by atoms with van der Waals surface area (Å²) in [5.74, 6) is 1.75. The number of benzene rings is 2. The van der Waals surface area contributed by atoms with E-state index in [1.54, 1.807) is 14.2 Å². The lowest BCUT2D eigenvalue weighted by Crippen LogP contribution is -2.52. The Morgan fingerprint density at radius 2 is 1.34 bits per heavy atom. The van der Waals surface area contributed by atoms with E-state index in [0.29, 0.717) is 29.8 Å². The minimum absolute atomic E-state index is 0.284. The van der Waals surface area contributed by atoms with Gasteiger partial charge in [-0.15, -0.1) is 0 Å². The van der Waals surface area contributed by atoms with E-state index in [1.807, 2.05) is 25.3 Å². The van der Waals surface area contributed by atoms with Crippen molar-refractivity contribution in [3.63, 3.8) is 0 Å². The molecule has 4 aromatic rings. The molecule has 0 radical (unpaired) electrons. The minimum atomic E-state index is -0.490. The van der Waals surface area contributed by atoms with Crippen LogP contribution in [-0.4, -0.2) is 92.1 Å². The molecule has 2 aromatic carbocycles. The van der Waals surface area contributed by atoms with Crippen LogP contribution in [0.1, 0.15) is 121 Å². The second kappa shape index (κ2) is 24.4. The summed E-state index contributed by atoms with van der Waals surface area (Å²) in [5, 5.41) is 18.6. The number of nitrogens with one attached hydrogen (secondary N) is 2. The zero-order chi connectivity index (χ0) is 45.2. The quantitative estimate of drug-likeness (QED) is 0.0801. The molecule has 4 aliphatic rings. The van der Waals surface area contributed by atoms with Gasteiger partial charge in [0, 0.05) is 95.3 Å². The van der Waals surface area contributed by atoms with Crippen LogP contribution in [0, 0.1) is 11.8 Å². The Balaban J connectivity index is 0.000000197. The number of aromatic nitrogens is 2. The number of rotatable bonds is 15. The van der Waals surface area contributed by atoms with Crippen molar-refractivity contribution in [2.24, 2.45) is 11.8 Å². The molecule has 0 spiro atoms. The largest absolute Gasteiger partial charge is 0.437 e. The molecule has 0 bridgehead atoms. The summed E-state index contributed by atoms with van der Waals surface area (Å²) in [4.78, 5) is 12.6. The highest BCUT2D eigenvalue weighted by Crippen LogP contribution is 2.46. The van der Waals surface area contributed by atoms with Crippen molar-refractivity contribution in [2.45, 2.75) is 127 Å². The van der Waals surface area contributed by atoms with Crippen LogP contribution in [0.4, 0.5) is 0 Å². The zero-order valence-corrected chi connectivity index (χ0v) is 42.9. The lowest BCUT2D eigenvalue weighted by Gasteiger charge is -2.44. The van der Waals surface area contributed by atoms with Crippen molar-refractivity contribution in [1.82, 2.24) is 25.4 Å². The van der Waals surface area contributed by atoms with Crippen molar-refractivity contribution in [3.8, 4) is 0 Å². The number of pyridine rings is 2. The lowest BCUT2D eigenvalue weighted by molar-refractivity contribution is 0.0810. The number of ether oxygens (including phenoxy) is 2. The smallest absolute Gasteiger partial charge is 0.373 e. The van der Waals surface area contributed by atoms with Crippen LogP contribution in [0.5, 0.6) is 0 Å². The van der Waals surface area contributed by atoms with Gasteiger partial charge in [-0.2, -0.15) is 0 Å². The molecular weight excluding hydrogens is 972 g/mol. The summed E-state index contributed by atoms with van der Waals surface area (Å²) in [6, 6.07) is 18.8. The van der Waals surface area contributed by atoms with Crippen molar-refractivity contribution < 1.29 is 14.5 Å². The average Bonchev–Trinajstić information content (AvgIpc) is 3.54. The van der Waals surface area contributed by atoms with E-state index < -0.39 is 7.05 Å². The van der Waals surface area contributed by atoms with Gasteiger partial charge in [0.25, 0.3) is 0 Å². The summed E-state index contributed by atoms with van der Waals surface area (Å²) in [5.41, 5.74) is 10.8. The summed E-state index contributed by atoms with van der Waals surface area (Å²) in [6.45, 7) is 8.74. The predicted octanol–water partition coefficient (Wildman–Crippen LogP) is 11.2. The van der Waals surface area contributed by atoms with Crippen LogP contribution in [0.25, 0.3) is 0 Å². The number of piperidine rings is 2. The Morgan fingerprint density at radius 1 is 0.797 bits per heavy atom. The van der Waals surface area contributed by atoms with Crippen molar-refractivity contribution in [3.05, 3.63) is 125 Å². The third kappa shape index (κ3) is 13.0. The molecule has 3 N–H and O–H groups in total. The van der Waals surface area contributed by atoms with Gasteiger partial charge in [-0.25, -0.2) is 0 Å². The second-order valence-electron chi connectivity index (χ2n) is 18.6. The first kappa shape index (κ1) is 50.0. The van der Waals surface area contributed by atoms with E-state index in [1.165, 1.54) is 64.0 Å². The van der Waals surface area contributed by atoms with Gasteiger partial charge in [-0.3, -0.25) is 14.9 Å². The molecule has 2 aliphatic heterocycles. The van der Waals surface area contributed by atoms with E-state index in [0.717, 1.165) is 116 Å². The molecule has 2 fully saturated rings. The first-order valence-corrected chi connectivity index (χ1v) is 26.1. The molecule has 64 heavy (non-hydrogen) atoms. The Kier molecular flexibility index (Phi) is 19.1. The number of halogens is 4. The Hall–Kier alpha value is -1.90. The van der Waals surface area contributed by atoms with Crippen LogP contribution >= 0.6 is 55.1 Å². The molecule has 8 rings (SSSR count). The highest BCUT2D eigenvalue weighted by atomic mass is 79.9. The molecule has 13 heteroatoms. The Morgan fingerprint density at radius 3 is 1.89 bits per heavy atom. The van der Waals surface area contributed by atoms with Crippen molar-refractivity contribution in [1.29, 1.82) is 0 Å². The molecule has 5 unspecified atom stereocenters. The van der Waals surface area contributed by atoms with Crippen LogP contribution in [0.3, 0.4) is 0 Å². The number of likely N-dealkylation sites (tertiary alicyclic amines) is 1. The molecule has 2 aromatic heterocycles. The van der Waals surface area contributed by atoms with Gasteiger partial charge >= 0.3 is 7.05 Å². The van der Waals surface area contributed by atoms with E-state index in [4.69, 9.17) is 42.6 Å². The lowest BCUT2D eigenvalue weighted by atomic mass is 9.74. The fourth-order valence-corrected chi connectivity index (χ4v) is 12.5. The minimum Gasteiger partial charge on any atom is -0.437 e. The summed E-state index contributed by atoms with van der Waals surface area (Å²) < 4.78 is 12.8. The summed E-state index contributed by atoms with van der Waals surface area (Å²) in [6.07, 6.45) is 18.1. The third-order valence-corrected chi connectivity index (χ3v) is 15.6. The fourth-order valence-electron chi connectivity index (χ4n) is 11.3. The van der Waals surface area contributed by atoms with Gasteiger partial charge in [0.2, 0.25) is 0 Å². The number of fused-ring (bicyclic) bond motifs is 4. The zero-order valence-electron chi connectivity index (χ0n) is 38.2. The third-order valence-electron chi connectivity index (χ3n) is 14.3. The second-order valence-corrected chi connectivity index (χ2v) is 21.3. The summed E-state index contributed by atoms with van der Waals surface area (Å²) in [7, 11) is 3.08. The maximum atomic E-state index is 9.92. The number of aryl methyl sites for hydroxylation is 4. The molecule has 2 saturated heterocycles. The first-order chi connectivity index (χ1) is 31.0. The SMILES string of the molecule is CCC(CN1CCC(C2c3ccc(Cl)cc3CCc3cc(Br)cnc32)C[C@@H]1CCCOC)NB(C)O.COCCC[C@H]1CC(C2c3ccc(Cl)cc3CCc3cc(Br)cnc32)CCN1. The highest BCUT2D eigenvalue weighted by molar-refractivity contribution is 9.10. The molecule has 346 valence electrons. The summed E-state index contributed by atoms with van der Waals surface area (Å²) >= 11 is 20.1. The van der Waals surface area contributed by atoms with Gasteiger partial charge in [0.05, 0.1) is 11.4 Å². The van der Waals surface area contributed by atoms with E-state index >= 15 is 0 Å². The van der Waals surface area contributed by atoms with E-state index in [9.17, 15) is 5.02 Å². The number of hydrogen-bond acceptors (Lipinski definition) is 8. The van der Waals surface area contributed by atoms with Crippen molar-refractivity contribution >= 4 is 62.1 Å².